The van der Waals surface area contributed by atoms with Crippen LogP contribution >= 0.6 is 0 Å². The Bertz CT molecular complexity index is 1250. The molecule has 0 radical (unpaired) electrons. The third-order valence-corrected chi connectivity index (χ3v) is 4.71. The molecule has 0 aliphatic rings. The SMILES string of the molecule is O=C(CNC(=O)c1ccncc1)N=Nc1c(O)n(Cc2ccccc2)c2ccccc12. The van der Waals surface area contributed by atoms with Crippen LogP contribution in [0.2, 0.25) is 0 Å². The standard InChI is InChI=1S/C23H19N5O3/c29-20(14-25-22(30)17-10-12-24-13-11-17)26-27-21-18-8-4-5-9-19(18)28(23(21)31)15-16-6-2-1-3-7-16/h1-13,31H,14-15H2,(H,25,30). The fourth-order valence-corrected chi connectivity index (χ4v) is 3.20. The molecule has 0 saturated heterocycles. The van der Waals surface area contributed by atoms with Gasteiger partial charge in [-0.2, -0.15) is 0 Å². The van der Waals surface area contributed by atoms with Gasteiger partial charge in [0.1, 0.15) is 6.54 Å². The van der Waals surface area contributed by atoms with E-state index in [1.54, 1.807) is 22.8 Å². The number of benzene rings is 2. The first-order chi connectivity index (χ1) is 15.1. The van der Waals surface area contributed by atoms with Gasteiger partial charge in [-0.25, -0.2) is 0 Å². The predicted octanol–water partition coefficient (Wildman–Crippen LogP) is 3.83. The van der Waals surface area contributed by atoms with Crippen LogP contribution in [0, 0.1) is 0 Å². The molecule has 31 heavy (non-hydrogen) atoms. The number of aromatic hydroxyl groups is 1. The zero-order valence-electron chi connectivity index (χ0n) is 16.5. The van der Waals surface area contributed by atoms with Crippen molar-refractivity contribution >= 4 is 28.4 Å². The molecule has 154 valence electrons. The molecule has 2 aromatic carbocycles. The van der Waals surface area contributed by atoms with Gasteiger partial charge in [-0.15, -0.1) is 10.2 Å². The Labute approximate surface area is 177 Å². The van der Waals surface area contributed by atoms with E-state index in [0.717, 1.165) is 11.1 Å². The second-order valence-electron chi connectivity index (χ2n) is 6.77. The average molecular weight is 413 g/mol. The Morgan fingerprint density at radius 3 is 2.45 bits per heavy atom. The smallest absolute Gasteiger partial charge is 0.283 e. The Morgan fingerprint density at radius 1 is 0.968 bits per heavy atom. The zero-order chi connectivity index (χ0) is 21.6. The van der Waals surface area contributed by atoms with Crippen LogP contribution in [0.3, 0.4) is 0 Å². The largest absolute Gasteiger partial charge is 0.493 e. The van der Waals surface area contributed by atoms with Crippen LogP contribution in [0.1, 0.15) is 15.9 Å². The molecule has 8 heteroatoms. The summed E-state index contributed by atoms with van der Waals surface area (Å²) in [5.41, 5.74) is 2.38. The normalized spacial score (nSPS) is 11.1. The lowest BCUT2D eigenvalue weighted by atomic mass is 10.2. The number of carbonyl (C=O) groups excluding carboxylic acids is 2. The van der Waals surface area contributed by atoms with Gasteiger partial charge in [0, 0.05) is 23.3 Å². The van der Waals surface area contributed by atoms with E-state index in [9.17, 15) is 14.7 Å². The molecule has 2 amide bonds. The van der Waals surface area contributed by atoms with Gasteiger partial charge in [-0.1, -0.05) is 48.5 Å². The molecule has 2 heterocycles. The van der Waals surface area contributed by atoms with Crippen LogP contribution in [0.5, 0.6) is 5.88 Å². The lowest BCUT2D eigenvalue weighted by Crippen LogP contribution is -2.28. The average Bonchev–Trinajstić information content (AvgIpc) is 3.08. The molecule has 0 spiro atoms. The van der Waals surface area contributed by atoms with E-state index in [1.165, 1.54) is 12.4 Å². The van der Waals surface area contributed by atoms with Crippen molar-refractivity contribution < 1.29 is 14.7 Å². The summed E-state index contributed by atoms with van der Waals surface area (Å²) >= 11 is 0. The molecule has 2 aromatic heterocycles. The van der Waals surface area contributed by atoms with Crippen molar-refractivity contribution in [2.75, 3.05) is 6.54 Å². The maximum Gasteiger partial charge on any atom is 0.283 e. The lowest BCUT2D eigenvalue weighted by Gasteiger charge is -2.06. The van der Waals surface area contributed by atoms with Crippen molar-refractivity contribution in [1.82, 2.24) is 14.9 Å². The van der Waals surface area contributed by atoms with Gasteiger partial charge in [-0.3, -0.25) is 14.6 Å². The van der Waals surface area contributed by atoms with E-state index in [0.29, 0.717) is 17.5 Å². The highest BCUT2D eigenvalue weighted by molar-refractivity contribution is 5.97. The molecule has 0 saturated carbocycles. The third kappa shape index (κ3) is 4.48. The van der Waals surface area contributed by atoms with Crippen molar-refractivity contribution in [2.24, 2.45) is 10.2 Å². The lowest BCUT2D eigenvalue weighted by molar-refractivity contribution is -0.117. The Balaban J connectivity index is 1.52. The first kappa shape index (κ1) is 20.0. The van der Waals surface area contributed by atoms with Crippen LogP contribution in [0.15, 0.2) is 89.4 Å². The molecule has 8 nitrogen and oxygen atoms in total. The van der Waals surface area contributed by atoms with Crippen LogP contribution in [0.25, 0.3) is 10.9 Å². The minimum absolute atomic E-state index is 0.0811. The zero-order valence-corrected chi connectivity index (χ0v) is 16.5. The minimum Gasteiger partial charge on any atom is -0.493 e. The van der Waals surface area contributed by atoms with E-state index in [4.69, 9.17) is 0 Å². The summed E-state index contributed by atoms with van der Waals surface area (Å²) in [6.45, 7) is 0.132. The molecule has 0 bridgehead atoms. The molecular formula is C23H19N5O3. The number of carbonyl (C=O) groups is 2. The first-order valence-corrected chi connectivity index (χ1v) is 9.60. The summed E-state index contributed by atoms with van der Waals surface area (Å²) in [6, 6.07) is 20.2. The number of amides is 2. The molecule has 0 aliphatic heterocycles. The molecule has 4 rings (SSSR count). The van der Waals surface area contributed by atoms with E-state index in [1.807, 2.05) is 48.5 Å². The molecule has 0 aliphatic carbocycles. The van der Waals surface area contributed by atoms with Gasteiger partial charge in [0.15, 0.2) is 5.69 Å². The molecule has 0 fully saturated rings. The second-order valence-corrected chi connectivity index (χ2v) is 6.77. The highest BCUT2D eigenvalue weighted by atomic mass is 16.3. The molecule has 0 atom stereocenters. The van der Waals surface area contributed by atoms with Crippen molar-refractivity contribution in [1.29, 1.82) is 0 Å². The van der Waals surface area contributed by atoms with E-state index < -0.39 is 11.8 Å². The summed E-state index contributed by atoms with van der Waals surface area (Å²) in [6.07, 6.45) is 2.98. The van der Waals surface area contributed by atoms with E-state index in [-0.39, 0.29) is 18.1 Å². The molecule has 4 aromatic rings. The van der Waals surface area contributed by atoms with Gasteiger partial charge in [0.25, 0.3) is 11.8 Å². The number of rotatable bonds is 6. The second kappa shape index (κ2) is 9.00. The summed E-state index contributed by atoms with van der Waals surface area (Å²) in [5.74, 6) is -1.13. The number of fused-ring (bicyclic) bond motifs is 1. The van der Waals surface area contributed by atoms with Crippen LogP contribution < -0.4 is 5.32 Å². The fraction of sp³-hybridized carbons (Fsp3) is 0.0870. The number of nitrogens with one attached hydrogen (secondary N) is 1. The first-order valence-electron chi connectivity index (χ1n) is 9.60. The number of para-hydroxylation sites is 1. The Kier molecular flexibility index (Phi) is 5.79. The summed E-state index contributed by atoms with van der Waals surface area (Å²) in [4.78, 5) is 28.0. The molecule has 0 unspecified atom stereocenters. The van der Waals surface area contributed by atoms with Crippen LogP contribution in [-0.2, 0) is 11.3 Å². The maximum absolute atomic E-state index is 12.1. The molecule has 2 N–H and O–H groups in total. The predicted molar refractivity (Wildman–Crippen MR) is 115 cm³/mol. The van der Waals surface area contributed by atoms with Crippen LogP contribution in [0.4, 0.5) is 5.69 Å². The Hall–Kier alpha value is -4.33. The van der Waals surface area contributed by atoms with Crippen molar-refractivity contribution in [3.63, 3.8) is 0 Å². The number of hydrogen-bond acceptors (Lipinski definition) is 5. The number of pyridine rings is 1. The maximum atomic E-state index is 12.1. The summed E-state index contributed by atoms with van der Waals surface area (Å²) in [5, 5.41) is 21.6. The number of nitrogens with zero attached hydrogens (tertiary/aromatic N) is 4. The highest BCUT2D eigenvalue weighted by Gasteiger charge is 2.17. The van der Waals surface area contributed by atoms with E-state index in [2.05, 4.69) is 20.5 Å². The fourth-order valence-electron chi connectivity index (χ4n) is 3.20. The van der Waals surface area contributed by atoms with Crippen molar-refractivity contribution in [2.45, 2.75) is 6.54 Å². The summed E-state index contributed by atoms with van der Waals surface area (Å²) < 4.78 is 1.72. The highest BCUT2D eigenvalue weighted by Crippen LogP contribution is 2.39. The van der Waals surface area contributed by atoms with Crippen LogP contribution in [-0.4, -0.2) is 33.0 Å². The minimum atomic E-state index is -0.637. The number of azo groups is 1. The summed E-state index contributed by atoms with van der Waals surface area (Å²) in [7, 11) is 0. The van der Waals surface area contributed by atoms with Gasteiger partial charge in [0.05, 0.1) is 12.1 Å². The van der Waals surface area contributed by atoms with Crippen molar-refractivity contribution in [3.8, 4) is 5.88 Å². The van der Waals surface area contributed by atoms with Gasteiger partial charge < -0.3 is 15.0 Å². The molecular weight excluding hydrogens is 394 g/mol. The number of hydrogen-bond donors (Lipinski definition) is 2. The monoisotopic (exact) mass is 413 g/mol. The van der Waals surface area contributed by atoms with Gasteiger partial charge in [-0.05, 0) is 23.8 Å². The van der Waals surface area contributed by atoms with E-state index >= 15 is 0 Å². The number of aromatic nitrogens is 2. The van der Waals surface area contributed by atoms with Crippen molar-refractivity contribution in [3.05, 3.63) is 90.3 Å². The topological polar surface area (TPSA) is 109 Å². The quantitative estimate of drug-likeness (QED) is 0.468. The third-order valence-electron chi connectivity index (χ3n) is 4.71. The Morgan fingerprint density at radius 2 is 1.68 bits per heavy atom. The van der Waals surface area contributed by atoms with Gasteiger partial charge >= 0.3 is 0 Å². The van der Waals surface area contributed by atoms with Gasteiger partial charge in [0.2, 0.25) is 5.88 Å².